The Morgan fingerprint density at radius 2 is 1.80 bits per heavy atom. The van der Waals surface area contributed by atoms with E-state index in [-0.39, 0.29) is 24.0 Å². The zero-order valence-electron chi connectivity index (χ0n) is 15.5. The lowest BCUT2D eigenvalue weighted by molar-refractivity contribution is 0.139. The Labute approximate surface area is 174 Å². The summed E-state index contributed by atoms with van der Waals surface area (Å²) in [6.07, 6.45) is 0. The molecule has 1 saturated heterocycles. The van der Waals surface area contributed by atoms with Crippen LogP contribution in [-0.2, 0) is 6.54 Å². The fourth-order valence-corrected chi connectivity index (χ4v) is 2.94. The van der Waals surface area contributed by atoms with Crippen LogP contribution >= 0.6 is 35.6 Å². The number of piperazine rings is 1. The summed E-state index contributed by atoms with van der Waals surface area (Å²) in [6.45, 7) is 9.77. The van der Waals surface area contributed by atoms with Crippen LogP contribution in [0.5, 0.6) is 0 Å². The molecular formula is C18H31ClIN5. The third kappa shape index (κ3) is 8.57. The van der Waals surface area contributed by atoms with Crippen molar-refractivity contribution in [3.8, 4) is 0 Å². The van der Waals surface area contributed by atoms with E-state index >= 15 is 0 Å². The van der Waals surface area contributed by atoms with Gasteiger partial charge < -0.3 is 20.4 Å². The Balaban J connectivity index is 0.00000312. The first-order valence-electron chi connectivity index (χ1n) is 8.66. The van der Waals surface area contributed by atoms with Crippen molar-refractivity contribution in [3.63, 3.8) is 0 Å². The summed E-state index contributed by atoms with van der Waals surface area (Å²) in [6, 6.07) is 7.87. The first-order valence-corrected chi connectivity index (χ1v) is 9.04. The predicted octanol–water partition coefficient (Wildman–Crippen LogP) is 2.51. The lowest BCUT2D eigenvalue weighted by atomic mass is 10.1. The van der Waals surface area contributed by atoms with E-state index in [9.17, 15) is 0 Å². The number of guanidine groups is 1. The fourth-order valence-electron chi connectivity index (χ4n) is 2.82. The van der Waals surface area contributed by atoms with Crippen LogP contribution in [0.15, 0.2) is 29.3 Å². The molecule has 1 atom stereocenters. The van der Waals surface area contributed by atoms with Crippen LogP contribution in [0.25, 0.3) is 0 Å². The van der Waals surface area contributed by atoms with E-state index in [1.807, 2.05) is 31.3 Å². The second kappa shape index (κ2) is 11.9. The molecule has 25 heavy (non-hydrogen) atoms. The molecule has 1 heterocycles. The van der Waals surface area contributed by atoms with Crippen LogP contribution in [-0.4, -0.2) is 69.1 Å². The van der Waals surface area contributed by atoms with Crippen molar-refractivity contribution >= 4 is 41.5 Å². The minimum absolute atomic E-state index is 0. The molecule has 1 aromatic carbocycles. The molecule has 0 radical (unpaired) electrons. The maximum atomic E-state index is 5.91. The molecule has 2 rings (SSSR count). The van der Waals surface area contributed by atoms with E-state index in [0.717, 1.165) is 30.6 Å². The Morgan fingerprint density at radius 1 is 1.16 bits per heavy atom. The van der Waals surface area contributed by atoms with Crippen molar-refractivity contribution in [2.75, 3.05) is 53.4 Å². The predicted molar refractivity (Wildman–Crippen MR) is 118 cm³/mol. The van der Waals surface area contributed by atoms with Gasteiger partial charge in [-0.2, -0.15) is 0 Å². The first-order chi connectivity index (χ1) is 11.6. The Morgan fingerprint density at radius 3 is 2.40 bits per heavy atom. The summed E-state index contributed by atoms with van der Waals surface area (Å²) in [5, 5.41) is 7.53. The van der Waals surface area contributed by atoms with Gasteiger partial charge in [0, 0.05) is 57.9 Å². The van der Waals surface area contributed by atoms with Crippen molar-refractivity contribution in [2.24, 2.45) is 10.9 Å². The Bertz CT molecular complexity index is 515. The molecule has 5 nitrogen and oxygen atoms in total. The standard InChI is InChI=1S/C18H30ClN5.HI/c1-15(14-24-10-8-23(3)9-11-24)12-21-18(20-2)22-13-16-4-6-17(19)7-5-16;/h4-7,15H,8-14H2,1-3H3,(H2,20,21,22);1H. The second-order valence-electron chi connectivity index (χ2n) is 6.64. The van der Waals surface area contributed by atoms with E-state index in [0.29, 0.717) is 5.92 Å². The third-order valence-electron chi connectivity index (χ3n) is 4.38. The van der Waals surface area contributed by atoms with Crippen molar-refractivity contribution in [3.05, 3.63) is 34.9 Å². The number of hydrogen-bond donors (Lipinski definition) is 2. The highest BCUT2D eigenvalue weighted by Gasteiger charge is 2.16. The lowest BCUT2D eigenvalue weighted by Crippen LogP contribution is -2.47. The zero-order chi connectivity index (χ0) is 17.4. The summed E-state index contributed by atoms with van der Waals surface area (Å²) in [5.41, 5.74) is 1.19. The highest BCUT2D eigenvalue weighted by molar-refractivity contribution is 14.0. The van der Waals surface area contributed by atoms with Gasteiger partial charge in [0.1, 0.15) is 0 Å². The summed E-state index contributed by atoms with van der Waals surface area (Å²) in [5.74, 6) is 1.43. The largest absolute Gasteiger partial charge is 0.356 e. The number of nitrogens with one attached hydrogen (secondary N) is 2. The molecule has 0 aliphatic carbocycles. The summed E-state index contributed by atoms with van der Waals surface area (Å²) in [7, 11) is 4.00. The number of rotatable bonds is 6. The number of hydrogen-bond acceptors (Lipinski definition) is 3. The van der Waals surface area contributed by atoms with Crippen LogP contribution in [0.1, 0.15) is 12.5 Å². The van der Waals surface area contributed by atoms with Gasteiger partial charge in [0.25, 0.3) is 0 Å². The van der Waals surface area contributed by atoms with Gasteiger partial charge in [0.15, 0.2) is 5.96 Å². The van der Waals surface area contributed by atoms with Crippen LogP contribution in [0.4, 0.5) is 0 Å². The SMILES string of the molecule is CN=C(NCc1ccc(Cl)cc1)NCC(C)CN1CCN(C)CC1.I. The molecule has 0 aromatic heterocycles. The van der Waals surface area contributed by atoms with Gasteiger partial charge in [-0.1, -0.05) is 30.7 Å². The molecule has 1 aliphatic heterocycles. The molecule has 2 N–H and O–H groups in total. The topological polar surface area (TPSA) is 42.9 Å². The average molecular weight is 480 g/mol. The Hall–Kier alpha value is -0.570. The van der Waals surface area contributed by atoms with Gasteiger partial charge in [0.2, 0.25) is 0 Å². The summed E-state index contributed by atoms with van der Waals surface area (Å²) < 4.78 is 0. The van der Waals surface area contributed by atoms with Crippen molar-refractivity contribution in [1.82, 2.24) is 20.4 Å². The van der Waals surface area contributed by atoms with Crippen LogP contribution in [0, 0.1) is 5.92 Å². The minimum Gasteiger partial charge on any atom is -0.356 e. The highest BCUT2D eigenvalue weighted by Crippen LogP contribution is 2.09. The summed E-state index contributed by atoms with van der Waals surface area (Å²) in [4.78, 5) is 9.24. The maximum Gasteiger partial charge on any atom is 0.191 e. The zero-order valence-corrected chi connectivity index (χ0v) is 18.6. The van der Waals surface area contributed by atoms with Crippen LogP contribution in [0.3, 0.4) is 0 Å². The molecule has 1 fully saturated rings. The highest BCUT2D eigenvalue weighted by atomic mass is 127. The van der Waals surface area contributed by atoms with Gasteiger partial charge in [-0.15, -0.1) is 24.0 Å². The first kappa shape index (κ1) is 22.5. The molecule has 0 bridgehead atoms. The number of likely N-dealkylation sites (N-methyl/N-ethyl adjacent to an activating group) is 1. The van der Waals surface area contributed by atoms with Crippen molar-refractivity contribution in [1.29, 1.82) is 0 Å². The van der Waals surface area contributed by atoms with E-state index in [1.165, 1.54) is 31.7 Å². The monoisotopic (exact) mass is 479 g/mol. The van der Waals surface area contributed by atoms with Crippen LogP contribution < -0.4 is 10.6 Å². The smallest absolute Gasteiger partial charge is 0.191 e. The third-order valence-corrected chi connectivity index (χ3v) is 4.63. The molecule has 0 amide bonds. The normalized spacial score (nSPS) is 17.7. The molecule has 1 aliphatic rings. The molecule has 0 spiro atoms. The molecule has 0 saturated carbocycles. The second-order valence-corrected chi connectivity index (χ2v) is 7.08. The van der Waals surface area contributed by atoms with Gasteiger partial charge in [-0.05, 0) is 30.7 Å². The molecule has 142 valence electrons. The van der Waals surface area contributed by atoms with E-state index in [1.54, 1.807) is 0 Å². The van der Waals surface area contributed by atoms with E-state index in [4.69, 9.17) is 11.6 Å². The molecule has 1 unspecified atom stereocenters. The maximum absolute atomic E-state index is 5.91. The van der Waals surface area contributed by atoms with Gasteiger partial charge in [-0.25, -0.2) is 0 Å². The minimum atomic E-state index is 0. The van der Waals surface area contributed by atoms with Crippen LogP contribution in [0.2, 0.25) is 5.02 Å². The van der Waals surface area contributed by atoms with Crippen molar-refractivity contribution < 1.29 is 0 Å². The number of halogens is 2. The average Bonchev–Trinajstić information content (AvgIpc) is 2.58. The van der Waals surface area contributed by atoms with E-state index in [2.05, 4.69) is 39.4 Å². The quantitative estimate of drug-likeness (QED) is 0.374. The van der Waals surface area contributed by atoms with E-state index < -0.39 is 0 Å². The number of benzene rings is 1. The summed E-state index contributed by atoms with van der Waals surface area (Å²) >= 11 is 5.91. The van der Waals surface area contributed by atoms with Gasteiger partial charge in [0.05, 0.1) is 0 Å². The molecule has 1 aromatic rings. The number of aliphatic imine (C=N–C) groups is 1. The fraction of sp³-hybridized carbons (Fsp3) is 0.611. The molecule has 7 heteroatoms. The number of nitrogens with zero attached hydrogens (tertiary/aromatic N) is 3. The van der Waals surface area contributed by atoms with Crippen molar-refractivity contribution in [2.45, 2.75) is 13.5 Å². The molecular weight excluding hydrogens is 449 g/mol. The Kier molecular flexibility index (Phi) is 10.7. The lowest BCUT2D eigenvalue weighted by Gasteiger charge is -2.34. The van der Waals surface area contributed by atoms with Gasteiger partial charge in [-0.3, -0.25) is 4.99 Å². The van der Waals surface area contributed by atoms with Gasteiger partial charge >= 0.3 is 0 Å².